The zero-order chi connectivity index (χ0) is 24.8. The van der Waals surface area contributed by atoms with E-state index in [9.17, 15) is 23.9 Å². The Morgan fingerprint density at radius 2 is 1.28 bits per heavy atom. The number of carbonyl (C=O) groups excluding carboxylic acids is 2. The summed E-state index contributed by atoms with van der Waals surface area (Å²) in [6, 6.07) is 0. The lowest BCUT2D eigenvalue weighted by Gasteiger charge is -2.35. The van der Waals surface area contributed by atoms with E-state index in [1.54, 1.807) is 6.92 Å². The SMILES string of the molecule is CCCOC(C)OCCCC(CC(=O)C(C)OCCC)(C(=O)C(C)OCCC)P(=O)(O)O. The molecule has 0 bridgehead atoms. The first kappa shape index (κ1) is 31.3. The Balaban J connectivity index is 5.64. The second-order valence-corrected chi connectivity index (χ2v) is 9.97. The van der Waals surface area contributed by atoms with Crippen LogP contribution in [0.3, 0.4) is 0 Å². The zero-order valence-corrected chi connectivity index (χ0v) is 21.4. The summed E-state index contributed by atoms with van der Waals surface area (Å²) < 4.78 is 34.5. The smallest absolute Gasteiger partial charge is 0.339 e. The molecule has 4 atom stereocenters. The van der Waals surface area contributed by atoms with Crippen molar-refractivity contribution >= 4 is 19.2 Å². The van der Waals surface area contributed by atoms with Gasteiger partial charge in [-0.3, -0.25) is 14.2 Å². The monoisotopic (exact) mass is 482 g/mol. The van der Waals surface area contributed by atoms with E-state index in [1.807, 2.05) is 20.8 Å². The normalized spacial score (nSPS) is 16.9. The van der Waals surface area contributed by atoms with Gasteiger partial charge in [0.05, 0.1) is 0 Å². The Labute approximate surface area is 192 Å². The molecule has 190 valence electrons. The van der Waals surface area contributed by atoms with Crippen molar-refractivity contribution in [2.45, 2.75) is 104 Å². The summed E-state index contributed by atoms with van der Waals surface area (Å²) in [6.45, 7) is 11.7. The fourth-order valence-electron chi connectivity index (χ4n) is 3.20. The lowest BCUT2D eigenvalue weighted by molar-refractivity contribution is -0.140. The van der Waals surface area contributed by atoms with Gasteiger partial charge in [0.1, 0.15) is 17.4 Å². The molecule has 0 heterocycles. The van der Waals surface area contributed by atoms with E-state index in [0.717, 1.165) is 6.42 Å². The van der Waals surface area contributed by atoms with Crippen LogP contribution in [0, 0.1) is 0 Å². The van der Waals surface area contributed by atoms with Crippen molar-refractivity contribution in [1.82, 2.24) is 0 Å². The van der Waals surface area contributed by atoms with Gasteiger partial charge < -0.3 is 28.7 Å². The molecule has 10 heteroatoms. The van der Waals surface area contributed by atoms with Gasteiger partial charge in [-0.05, 0) is 52.9 Å². The lowest BCUT2D eigenvalue weighted by atomic mass is 9.88. The number of Topliss-reactive ketones (excluding diaryl/α,β-unsaturated/α-hetero) is 2. The largest absolute Gasteiger partial charge is 0.371 e. The molecule has 0 aliphatic carbocycles. The van der Waals surface area contributed by atoms with Gasteiger partial charge in [0.15, 0.2) is 17.9 Å². The van der Waals surface area contributed by atoms with E-state index in [4.69, 9.17) is 18.9 Å². The molecule has 0 fully saturated rings. The molecule has 0 amide bonds. The summed E-state index contributed by atoms with van der Waals surface area (Å²) >= 11 is 0. The molecule has 0 spiro atoms. The molecule has 0 rings (SSSR count). The highest BCUT2D eigenvalue weighted by Crippen LogP contribution is 2.56. The third kappa shape index (κ3) is 10.5. The van der Waals surface area contributed by atoms with Crippen molar-refractivity contribution in [3.8, 4) is 0 Å². The van der Waals surface area contributed by atoms with Crippen LogP contribution < -0.4 is 0 Å². The van der Waals surface area contributed by atoms with Crippen LogP contribution in [0.25, 0.3) is 0 Å². The molecule has 0 radical (unpaired) electrons. The molecule has 0 aromatic carbocycles. The highest BCUT2D eigenvalue weighted by atomic mass is 31.2. The van der Waals surface area contributed by atoms with Crippen molar-refractivity contribution in [2.75, 3.05) is 26.4 Å². The van der Waals surface area contributed by atoms with Gasteiger partial charge in [-0.2, -0.15) is 0 Å². The fraction of sp³-hybridized carbons (Fsp3) is 0.909. The Hall–Kier alpha value is -0.670. The summed E-state index contributed by atoms with van der Waals surface area (Å²) in [6.07, 6.45) is -0.928. The van der Waals surface area contributed by atoms with Gasteiger partial charge in [-0.1, -0.05) is 20.8 Å². The van der Waals surface area contributed by atoms with Crippen LogP contribution in [0.2, 0.25) is 0 Å². The maximum Gasteiger partial charge on any atom is 0.339 e. The Kier molecular flexibility index (Phi) is 15.7. The van der Waals surface area contributed by atoms with Crippen molar-refractivity contribution in [1.29, 1.82) is 0 Å². The van der Waals surface area contributed by atoms with Crippen LogP contribution in [-0.4, -0.2) is 71.4 Å². The number of ketones is 2. The van der Waals surface area contributed by atoms with Gasteiger partial charge in [-0.15, -0.1) is 0 Å². The average Bonchev–Trinajstić information content (AvgIpc) is 2.74. The Bertz CT molecular complexity index is 592. The van der Waals surface area contributed by atoms with Crippen LogP contribution in [0.1, 0.15) is 80.1 Å². The van der Waals surface area contributed by atoms with Crippen LogP contribution in [0.15, 0.2) is 0 Å². The molecular formula is C22H43O9P. The van der Waals surface area contributed by atoms with E-state index in [0.29, 0.717) is 26.1 Å². The van der Waals surface area contributed by atoms with E-state index >= 15 is 0 Å². The molecule has 0 aromatic heterocycles. The van der Waals surface area contributed by atoms with Gasteiger partial charge in [-0.25, -0.2) is 0 Å². The predicted molar refractivity (Wildman–Crippen MR) is 122 cm³/mol. The first-order valence-electron chi connectivity index (χ1n) is 11.6. The minimum atomic E-state index is -5.04. The summed E-state index contributed by atoms with van der Waals surface area (Å²) in [5, 5.41) is -2.20. The molecule has 0 saturated carbocycles. The van der Waals surface area contributed by atoms with Crippen molar-refractivity contribution < 1.29 is 42.9 Å². The van der Waals surface area contributed by atoms with Crippen LogP contribution >= 0.6 is 7.60 Å². The van der Waals surface area contributed by atoms with Gasteiger partial charge >= 0.3 is 7.60 Å². The van der Waals surface area contributed by atoms with Gasteiger partial charge in [0.2, 0.25) is 0 Å². The Morgan fingerprint density at radius 1 is 0.812 bits per heavy atom. The van der Waals surface area contributed by atoms with Crippen LogP contribution in [-0.2, 0) is 33.1 Å². The number of hydrogen-bond acceptors (Lipinski definition) is 7. The number of hydrogen-bond donors (Lipinski definition) is 2. The molecule has 4 unspecified atom stereocenters. The third-order valence-corrected chi connectivity index (χ3v) is 6.81. The molecule has 0 aromatic rings. The predicted octanol–water partition coefficient (Wildman–Crippen LogP) is 3.63. The highest BCUT2D eigenvalue weighted by molar-refractivity contribution is 7.55. The molecular weight excluding hydrogens is 439 g/mol. The molecule has 32 heavy (non-hydrogen) atoms. The Morgan fingerprint density at radius 3 is 1.78 bits per heavy atom. The van der Waals surface area contributed by atoms with E-state index < -0.39 is 49.2 Å². The molecule has 0 saturated heterocycles. The maximum absolute atomic E-state index is 13.3. The van der Waals surface area contributed by atoms with Crippen LogP contribution in [0.5, 0.6) is 0 Å². The quantitative estimate of drug-likeness (QED) is 0.152. The minimum absolute atomic E-state index is 0.125. The first-order valence-corrected chi connectivity index (χ1v) is 13.2. The summed E-state index contributed by atoms with van der Waals surface area (Å²) in [4.78, 5) is 46.6. The summed E-state index contributed by atoms with van der Waals surface area (Å²) in [5.41, 5.74) is 0. The molecule has 2 N–H and O–H groups in total. The minimum Gasteiger partial charge on any atom is -0.371 e. The summed E-state index contributed by atoms with van der Waals surface area (Å²) in [5.74, 6) is -1.30. The maximum atomic E-state index is 13.3. The van der Waals surface area contributed by atoms with Crippen molar-refractivity contribution in [3.05, 3.63) is 0 Å². The van der Waals surface area contributed by atoms with Crippen molar-refractivity contribution in [2.24, 2.45) is 0 Å². The molecule has 0 aliphatic rings. The molecule has 0 aliphatic heterocycles. The second-order valence-electron chi connectivity index (χ2n) is 8.02. The van der Waals surface area contributed by atoms with E-state index in [2.05, 4.69) is 0 Å². The van der Waals surface area contributed by atoms with Crippen LogP contribution in [0.4, 0.5) is 0 Å². The molecule has 9 nitrogen and oxygen atoms in total. The zero-order valence-electron chi connectivity index (χ0n) is 20.5. The van der Waals surface area contributed by atoms with Crippen molar-refractivity contribution in [3.63, 3.8) is 0 Å². The number of ether oxygens (including phenoxy) is 4. The highest BCUT2D eigenvalue weighted by Gasteiger charge is 2.55. The third-order valence-electron chi connectivity index (χ3n) is 5.09. The standard InChI is InChI=1S/C22H43O9P/c1-7-12-28-17(4)20(23)16-22(32(25,26)27,21(24)18(5)29-13-8-2)11-10-15-31-19(6)30-14-9-3/h17-19H,7-16H2,1-6H3,(H2,25,26,27). The van der Waals surface area contributed by atoms with Gasteiger partial charge in [0, 0.05) is 32.8 Å². The average molecular weight is 483 g/mol. The summed E-state index contributed by atoms with van der Waals surface area (Å²) in [7, 11) is -5.04. The van der Waals surface area contributed by atoms with E-state index in [-0.39, 0.29) is 26.1 Å². The van der Waals surface area contributed by atoms with E-state index in [1.165, 1.54) is 13.8 Å². The fourth-order valence-corrected chi connectivity index (χ4v) is 4.49. The first-order chi connectivity index (χ1) is 15.0. The topological polar surface area (TPSA) is 129 Å². The lowest BCUT2D eigenvalue weighted by Crippen LogP contribution is -2.48. The second kappa shape index (κ2) is 16.0. The van der Waals surface area contributed by atoms with Gasteiger partial charge in [0.25, 0.3) is 0 Å². The number of rotatable bonds is 20. The number of carbonyl (C=O) groups is 2.